The molecule has 0 spiro atoms. The predicted molar refractivity (Wildman–Crippen MR) is 125 cm³/mol. The Kier molecular flexibility index (Phi) is 32.2. The number of carbonyl (C=O) groups is 4. The van der Waals surface area contributed by atoms with Gasteiger partial charge in [-0.25, -0.2) is 0 Å². The monoisotopic (exact) mass is 456 g/mol. The Bertz CT molecular complexity index is 422. The number of nitrogens with one attached hydrogen (secondary N) is 2. The van der Waals surface area contributed by atoms with E-state index >= 15 is 0 Å². The highest BCUT2D eigenvalue weighted by atomic mass is 32.2. The highest BCUT2D eigenvalue weighted by Crippen LogP contribution is 2.07. The summed E-state index contributed by atoms with van der Waals surface area (Å²) in [6, 6.07) is 0. The van der Waals surface area contributed by atoms with Gasteiger partial charge in [0.1, 0.15) is 6.29 Å². The first kappa shape index (κ1) is 31.3. The second-order valence-electron chi connectivity index (χ2n) is 4.22. The molecule has 1 amide bonds. The topological polar surface area (TPSA) is 92.3 Å². The summed E-state index contributed by atoms with van der Waals surface area (Å²) in [7, 11) is 1.94. The smallest absolute Gasteiger partial charge is 0.230 e. The maximum atomic E-state index is 11.2. The fourth-order valence-corrected chi connectivity index (χ4v) is 3.18. The number of rotatable bonds is 12. The summed E-state index contributed by atoms with van der Waals surface area (Å²) in [5, 5.41) is 9.91. The van der Waals surface area contributed by atoms with Crippen LogP contribution in [0.4, 0.5) is 0 Å². The third-order valence-corrected chi connectivity index (χ3v) is 5.25. The van der Waals surface area contributed by atoms with Crippen LogP contribution in [-0.4, -0.2) is 65.6 Å². The zero-order valence-corrected chi connectivity index (χ0v) is 20.0. The van der Waals surface area contributed by atoms with Crippen molar-refractivity contribution in [2.24, 2.45) is 0 Å². The maximum Gasteiger partial charge on any atom is 0.230 e. The van der Waals surface area contributed by atoms with Crippen LogP contribution in [0.15, 0.2) is 10.8 Å². The van der Waals surface area contributed by atoms with Gasteiger partial charge in [0.15, 0.2) is 10.2 Å². The van der Waals surface area contributed by atoms with Crippen molar-refractivity contribution in [3.63, 3.8) is 0 Å². The minimum atomic E-state index is -0.0804. The van der Waals surface area contributed by atoms with Gasteiger partial charge in [-0.15, -0.1) is 23.5 Å². The van der Waals surface area contributed by atoms with E-state index in [1.807, 2.05) is 26.3 Å². The third kappa shape index (κ3) is 37.1. The predicted octanol–water partition coefficient (Wildman–Crippen LogP) is 3.03. The summed E-state index contributed by atoms with van der Waals surface area (Å²) in [5.74, 6) is 2.33. The van der Waals surface area contributed by atoms with Gasteiger partial charge in [-0.1, -0.05) is 37.4 Å². The van der Waals surface area contributed by atoms with Crippen molar-refractivity contribution in [2.45, 2.75) is 27.7 Å². The van der Waals surface area contributed by atoms with Gasteiger partial charge >= 0.3 is 0 Å². The molecule has 0 aromatic heterocycles. The van der Waals surface area contributed by atoms with E-state index in [0.717, 1.165) is 41.6 Å². The fourth-order valence-electron chi connectivity index (χ4n) is 0.995. The lowest BCUT2D eigenvalue weighted by atomic mass is 10.6. The zero-order valence-electron chi connectivity index (χ0n) is 16.7. The average Bonchev–Trinajstić information content (AvgIpc) is 2.65. The summed E-state index contributed by atoms with van der Waals surface area (Å²) in [6.45, 7) is 8.54. The first-order chi connectivity index (χ1) is 12.9. The Morgan fingerprint density at radius 1 is 0.889 bits per heavy atom. The van der Waals surface area contributed by atoms with Crippen LogP contribution in [0.5, 0.6) is 0 Å². The van der Waals surface area contributed by atoms with Crippen LogP contribution in [0, 0.1) is 0 Å². The van der Waals surface area contributed by atoms with E-state index in [0.29, 0.717) is 12.8 Å². The lowest BCUT2D eigenvalue weighted by Gasteiger charge is -2.02. The molecule has 158 valence electrons. The Morgan fingerprint density at radius 3 is 1.81 bits per heavy atom. The van der Waals surface area contributed by atoms with Gasteiger partial charge in [0.2, 0.25) is 5.91 Å². The lowest BCUT2D eigenvalue weighted by Crippen LogP contribution is -2.27. The summed E-state index contributed by atoms with van der Waals surface area (Å²) in [6.07, 6.45) is 0.714. The van der Waals surface area contributed by atoms with E-state index in [4.69, 9.17) is 0 Å². The number of aldehydes is 1. The average molecular weight is 457 g/mol. The van der Waals surface area contributed by atoms with Gasteiger partial charge in [0.25, 0.3) is 0 Å². The molecule has 0 aliphatic rings. The lowest BCUT2D eigenvalue weighted by molar-refractivity contribution is -0.118. The summed E-state index contributed by atoms with van der Waals surface area (Å²) in [5.41, 5.74) is 0. The molecule has 27 heavy (non-hydrogen) atoms. The van der Waals surface area contributed by atoms with Crippen molar-refractivity contribution < 1.29 is 19.2 Å². The van der Waals surface area contributed by atoms with Gasteiger partial charge in [0, 0.05) is 38.4 Å². The van der Waals surface area contributed by atoms with Crippen molar-refractivity contribution in [1.82, 2.24) is 10.6 Å². The molecule has 0 aromatic carbocycles. The summed E-state index contributed by atoms with van der Waals surface area (Å²) in [4.78, 5) is 41.4. The molecule has 0 aliphatic heterocycles. The summed E-state index contributed by atoms with van der Waals surface area (Å²) < 4.78 is 0. The molecular weight excluding hydrogens is 424 g/mol. The highest BCUT2D eigenvalue weighted by Gasteiger charge is 2.02. The van der Waals surface area contributed by atoms with Crippen molar-refractivity contribution >= 4 is 69.5 Å². The van der Waals surface area contributed by atoms with E-state index in [-0.39, 0.29) is 27.6 Å². The Balaban J connectivity index is -0.000000535. The van der Waals surface area contributed by atoms with Gasteiger partial charge in [-0.3, -0.25) is 14.4 Å². The fraction of sp³-hybridized carbons (Fsp3) is 0.647. The molecule has 0 heterocycles. The molecule has 0 aromatic rings. The zero-order chi connectivity index (χ0) is 21.3. The van der Waals surface area contributed by atoms with Gasteiger partial charge in [-0.05, 0) is 17.9 Å². The molecule has 0 unspecified atom stereocenters. The van der Waals surface area contributed by atoms with Crippen molar-refractivity contribution in [1.29, 1.82) is 0 Å². The SMILES string of the molecule is CC.CC(=O)SCC=O.CNCCS/C=C\SCCNC(=O)CSC(C)=O. The molecule has 0 radical (unpaired) electrons. The molecule has 0 atom stereocenters. The van der Waals surface area contributed by atoms with Crippen LogP contribution in [0.1, 0.15) is 27.7 Å². The van der Waals surface area contributed by atoms with E-state index in [1.165, 1.54) is 13.8 Å². The molecule has 2 N–H and O–H groups in total. The molecule has 0 fully saturated rings. The van der Waals surface area contributed by atoms with Crippen molar-refractivity contribution in [3.8, 4) is 0 Å². The second kappa shape index (κ2) is 27.8. The number of amides is 1. The van der Waals surface area contributed by atoms with E-state index in [9.17, 15) is 19.2 Å². The molecule has 6 nitrogen and oxygen atoms in total. The second-order valence-corrected chi connectivity index (χ2v) is 8.59. The minimum Gasteiger partial charge on any atom is -0.355 e. The van der Waals surface area contributed by atoms with Crippen molar-refractivity contribution in [2.75, 3.05) is 43.1 Å². The highest BCUT2D eigenvalue weighted by molar-refractivity contribution is 8.14. The number of carbonyl (C=O) groups excluding carboxylic acids is 4. The molecular formula is C17H32N2O4S4. The molecule has 10 heteroatoms. The molecule has 0 aliphatic carbocycles. The quantitative estimate of drug-likeness (QED) is 0.339. The molecule has 0 saturated heterocycles. The van der Waals surface area contributed by atoms with Crippen molar-refractivity contribution in [3.05, 3.63) is 10.8 Å². The first-order valence-corrected chi connectivity index (χ1v) is 12.5. The largest absolute Gasteiger partial charge is 0.355 e. The van der Waals surface area contributed by atoms with Crippen LogP contribution < -0.4 is 10.6 Å². The minimum absolute atomic E-state index is 0.00731. The number of thioether (sulfide) groups is 4. The Morgan fingerprint density at radius 2 is 1.41 bits per heavy atom. The van der Waals surface area contributed by atoms with E-state index in [2.05, 4.69) is 16.0 Å². The number of hydrogen-bond donors (Lipinski definition) is 2. The standard InChI is InChI=1S/C11H20N2O2S3.C4H6O2S.C2H6/c1-10(14)18-9-11(15)13-4-6-17-8-7-16-5-3-12-2;1-4(6)7-3-2-5;1-2/h7-8,12H,3-6,9H2,1-2H3,(H,13,15);2H,3H2,1H3;1-2H3/b8-7-;;. The first-order valence-electron chi connectivity index (χ1n) is 8.43. The van der Waals surface area contributed by atoms with Crippen LogP contribution in [-0.2, 0) is 19.2 Å². The Hall–Kier alpha value is -0.420. The summed E-state index contributed by atoms with van der Waals surface area (Å²) >= 11 is 5.49. The van der Waals surface area contributed by atoms with Crippen LogP contribution in [0.3, 0.4) is 0 Å². The van der Waals surface area contributed by atoms with E-state index in [1.54, 1.807) is 23.5 Å². The van der Waals surface area contributed by atoms with Crippen LogP contribution >= 0.6 is 47.0 Å². The Labute approximate surface area is 180 Å². The van der Waals surface area contributed by atoms with Gasteiger partial charge in [0.05, 0.1) is 11.5 Å². The third-order valence-electron chi connectivity index (χ3n) is 2.02. The molecule has 0 rings (SSSR count). The maximum absolute atomic E-state index is 11.2. The normalized spacial score (nSPS) is 9.52. The molecule has 0 bridgehead atoms. The van der Waals surface area contributed by atoms with Crippen LogP contribution in [0.25, 0.3) is 0 Å². The van der Waals surface area contributed by atoms with Gasteiger partial charge < -0.3 is 15.4 Å². The number of hydrogen-bond acceptors (Lipinski definition) is 9. The van der Waals surface area contributed by atoms with E-state index < -0.39 is 0 Å². The molecule has 0 saturated carbocycles. The van der Waals surface area contributed by atoms with Crippen LogP contribution in [0.2, 0.25) is 0 Å². The van der Waals surface area contributed by atoms with Gasteiger partial charge in [-0.2, -0.15) is 0 Å².